The zero-order chi connectivity index (χ0) is 15.3. The number of carbonyl (C=O) groups excluding carboxylic acids is 1. The Kier molecular flexibility index (Phi) is 10.3. The number of esters is 1. The van der Waals surface area contributed by atoms with Crippen molar-refractivity contribution in [3.63, 3.8) is 0 Å². The van der Waals surface area contributed by atoms with Gasteiger partial charge in [-0.15, -0.1) is 0 Å². The van der Waals surface area contributed by atoms with Gasteiger partial charge < -0.3 is 4.74 Å². The number of rotatable bonds is 13. The number of hydrogen-bond donors (Lipinski definition) is 0. The molecule has 0 radical (unpaired) electrons. The number of cyclic esters (lactones) is 1. The maximum absolute atomic E-state index is 11.4. The number of unbranched alkanes of at least 4 members (excludes halogenated alkanes) is 11. The van der Waals surface area contributed by atoms with Gasteiger partial charge in [0.25, 0.3) is 0 Å². The zero-order valence-electron chi connectivity index (χ0n) is 14.2. The molecule has 21 heavy (non-hydrogen) atoms. The third-order valence-electron chi connectivity index (χ3n) is 4.29. The fourth-order valence-corrected chi connectivity index (χ4v) is 2.97. The van der Waals surface area contributed by atoms with Crippen molar-refractivity contribution in [3.8, 4) is 0 Å². The molecule has 1 aliphatic rings. The Hall–Kier alpha value is -0.790. The number of ether oxygens (including phenoxy) is 1. The molecular formula is C19H34O2. The molecule has 0 amide bonds. The second-order valence-corrected chi connectivity index (χ2v) is 6.44. The lowest BCUT2D eigenvalue weighted by atomic mass is 10.0. The minimum Gasteiger partial charge on any atom is -0.455 e. The summed E-state index contributed by atoms with van der Waals surface area (Å²) < 4.78 is 5.10. The van der Waals surface area contributed by atoms with Crippen LogP contribution in [0.1, 0.15) is 97.3 Å². The first-order chi connectivity index (χ1) is 10.2. The summed E-state index contributed by atoms with van der Waals surface area (Å²) in [4.78, 5) is 11.4. The molecule has 2 heteroatoms. The molecule has 2 nitrogen and oxygen atoms in total. The van der Waals surface area contributed by atoms with Crippen molar-refractivity contribution < 1.29 is 9.53 Å². The summed E-state index contributed by atoms with van der Waals surface area (Å²) in [5.74, 6) is -0.0921. The molecule has 0 saturated carbocycles. The maximum atomic E-state index is 11.4. The Balaban J connectivity index is 1.81. The third kappa shape index (κ3) is 8.95. The highest BCUT2D eigenvalue weighted by atomic mass is 16.5. The van der Waals surface area contributed by atoms with Crippen LogP contribution in [0.2, 0.25) is 0 Å². The van der Waals surface area contributed by atoms with Gasteiger partial charge in [0, 0.05) is 5.57 Å². The van der Waals surface area contributed by atoms with E-state index in [0.29, 0.717) is 0 Å². The fraction of sp³-hybridized carbons (Fsp3) is 0.842. The molecule has 0 bridgehead atoms. The minimum absolute atomic E-state index is 0.00942. The molecule has 0 aliphatic carbocycles. The molecule has 1 atom stereocenters. The van der Waals surface area contributed by atoms with E-state index in [1.165, 1.54) is 70.6 Å². The smallest absolute Gasteiger partial charge is 0.334 e. The highest BCUT2D eigenvalue weighted by molar-refractivity contribution is 5.90. The van der Waals surface area contributed by atoms with Crippen molar-refractivity contribution in [1.29, 1.82) is 0 Å². The van der Waals surface area contributed by atoms with Crippen LogP contribution in [0.15, 0.2) is 11.6 Å². The van der Waals surface area contributed by atoms with Crippen molar-refractivity contribution in [2.45, 2.75) is 103 Å². The van der Waals surface area contributed by atoms with E-state index in [1.54, 1.807) is 0 Å². The average molecular weight is 294 g/mol. The van der Waals surface area contributed by atoms with E-state index in [-0.39, 0.29) is 12.1 Å². The van der Waals surface area contributed by atoms with E-state index in [0.717, 1.165) is 18.4 Å². The van der Waals surface area contributed by atoms with Gasteiger partial charge in [-0.2, -0.15) is 0 Å². The Morgan fingerprint density at radius 3 is 1.76 bits per heavy atom. The van der Waals surface area contributed by atoms with Crippen LogP contribution < -0.4 is 0 Å². The van der Waals surface area contributed by atoms with Gasteiger partial charge in [0.15, 0.2) is 0 Å². The second-order valence-electron chi connectivity index (χ2n) is 6.44. The van der Waals surface area contributed by atoms with Crippen LogP contribution in [0, 0.1) is 0 Å². The standard InChI is InChI=1S/C19H34O2/c1-3-4-5-6-7-8-9-10-11-12-13-14-15-18-16-17(2)21-19(18)20/h16-17H,3-15H2,1-2H3/t17-/m0/s1. The first-order valence-electron chi connectivity index (χ1n) is 9.15. The van der Waals surface area contributed by atoms with Crippen LogP contribution in [-0.2, 0) is 9.53 Å². The normalized spacial score (nSPS) is 17.9. The Morgan fingerprint density at radius 2 is 1.33 bits per heavy atom. The van der Waals surface area contributed by atoms with Gasteiger partial charge >= 0.3 is 5.97 Å². The van der Waals surface area contributed by atoms with Gasteiger partial charge in [0.05, 0.1) is 0 Å². The van der Waals surface area contributed by atoms with E-state index in [2.05, 4.69) is 6.92 Å². The van der Waals surface area contributed by atoms with Crippen LogP contribution in [-0.4, -0.2) is 12.1 Å². The molecule has 0 aromatic carbocycles. The van der Waals surface area contributed by atoms with Gasteiger partial charge in [0.1, 0.15) is 6.10 Å². The van der Waals surface area contributed by atoms with Crippen LogP contribution in [0.5, 0.6) is 0 Å². The van der Waals surface area contributed by atoms with E-state index < -0.39 is 0 Å². The van der Waals surface area contributed by atoms with Crippen molar-refractivity contribution in [2.24, 2.45) is 0 Å². The molecule has 0 aromatic heterocycles. The first-order valence-corrected chi connectivity index (χ1v) is 9.15. The van der Waals surface area contributed by atoms with E-state index >= 15 is 0 Å². The molecule has 1 aliphatic heterocycles. The van der Waals surface area contributed by atoms with Gasteiger partial charge in [-0.25, -0.2) is 4.79 Å². The Morgan fingerprint density at radius 1 is 0.857 bits per heavy atom. The third-order valence-corrected chi connectivity index (χ3v) is 4.29. The van der Waals surface area contributed by atoms with Crippen LogP contribution in [0.4, 0.5) is 0 Å². The maximum Gasteiger partial charge on any atom is 0.334 e. The number of hydrogen-bond acceptors (Lipinski definition) is 2. The first kappa shape index (κ1) is 18.3. The van der Waals surface area contributed by atoms with E-state index in [9.17, 15) is 4.79 Å². The molecule has 0 N–H and O–H groups in total. The summed E-state index contributed by atoms with van der Waals surface area (Å²) >= 11 is 0. The molecule has 0 unspecified atom stereocenters. The summed E-state index contributed by atoms with van der Waals surface area (Å²) in [6, 6.07) is 0. The highest BCUT2D eigenvalue weighted by Crippen LogP contribution is 2.20. The molecule has 0 fully saturated rings. The van der Waals surface area contributed by atoms with Crippen LogP contribution >= 0.6 is 0 Å². The highest BCUT2D eigenvalue weighted by Gasteiger charge is 2.20. The van der Waals surface area contributed by atoms with Crippen molar-refractivity contribution in [3.05, 3.63) is 11.6 Å². The zero-order valence-corrected chi connectivity index (χ0v) is 14.2. The summed E-state index contributed by atoms with van der Waals surface area (Å²) in [7, 11) is 0. The van der Waals surface area contributed by atoms with Crippen molar-refractivity contribution in [1.82, 2.24) is 0 Å². The predicted octanol–water partition coefficient (Wildman–Crippen LogP) is 5.95. The van der Waals surface area contributed by atoms with E-state index in [1.807, 2.05) is 13.0 Å². The average Bonchev–Trinajstić information content (AvgIpc) is 2.78. The predicted molar refractivity (Wildman–Crippen MR) is 89.3 cm³/mol. The quantitative estimate of drug-likeness (QED) is 0.310. The molecule has 1 heterocycles. The monoisotopic (exact) mass is 294 g/mol. The Bertz CT molecular complexity index is 307. The van der Waals surface area contributed by atoms with Gasteiger partial charge in [-0.1, -0.05) is 77.6 Å². The van der Waals surface area contributed by atoms with Crippen LogP contribution in [0.25, 0.3) is 0 Å². The minimum atomic E-state index is -0.0921. The lowest BCUT2D eigenvalue weighted by Crippen LogP contribution is -2.03. The largest absolute Gasteiger partial charge is 0.455 e. The SMILES string of the molecule is CCCCCCCCCCCCCCC1=C[C@H](C)OC1=O. The van der Waals surface area contributed by atoms with Gasteiger partial charge in [-0.05, 0) is 25.8 Å². The fourth-order valence-electron chi connectivity index (χ4n) is 2.97. The summed E-state index contributed by atoms with van der Waals surface area (Å²) in [5, 5.41) is 0. The topological polar surface area (TPSA) is 26.3 Å². The van der Waals surface area contributed by atoms with Crippen molar-refractivity contribution in [2.75, 3.05) is 0 Å². The second kappa shape index (κ2) is 11.8. The lowest BCUT2D eigenvalue weighted by molar-refractivity contribution is -0.139. The summed E-state index contributed by atoms with van der Waals surface area (Å²) in [6.45, 7) is 4.19. The Labute approximate surface area is 131 Å². The molecule has 1 rings (SSSR count). The van der Waals surface area contributed by atoms with Crippen molar-refractivity contribution >= 4 is 5.97 Å². The number of carbonyl (C=O) groups is 1. The van der Waals surface area contributed by atoms with Gasteiger partial charge in [0.2, 0.25) is 0 Å². The van der Waals surface area contributed by atoms with E-state index in [4.69, 9.17) is 4.74 Å². The molecular weight excluding hydrogens is 260 g/mol. The molecule has 0 aromatic rings. The summed E-state index contributed by atoms with van der Waals surface area (Å²) in [6.07, 6.45) is 19.1. The van der Waals surface area contributed by atoms with Gasteiger partial charge in [-0.3, -0.25) is 0 Å². The molecule has 122 valence electrons. The van der Waals surface area contributed by atoms with Crippen LogP contribution in [0.3, 0.4) is 0 Å². The lowest BCUT2D eigenvalue weighted by Gasteiger charge is -2.03. The summed E-state index contributed by atoms with van der Waals surface area (Å²) in [5.41, 5.74) is 0.898. The molecule has 0 saturated heterocycles. The molecule has 0 spiro atoms.